The van der Waals surface area contributed by atoms with E-state index in [1.807, 2.05) is 0 Å². The molecule has 64 valence electrons. The van der Waals surface area contributed by atoms with Crippen molar-refractivity contribution in [2.24, 2.45) is 0 Å². The molecule has 6 heteroatoms. The Labute approximate surface area is 75.5 Å². The van der Waals surface area contributed by atoms with E-state index < -0.39 is 10.7 Å². The van der Waals surface area contributed by atoms with Crippen molar-refractivity contribution in [1.29, 1.82) is 0 Å². The third-order valence-electron chi connectivity index (χ3n) is 1.29. The monoisotopic (exact) mass is 234 g/mol. The van der Waals surface area contributed by atoms with E-state index in [9.17, 15) is 14.5 Å². The van der Waals surface area contributed by atoms with E-state index in [-0.39, 0.29) is 15.8 Å². The first-order valence-corrected chi connectivity index (χ1v) is 3.71. The summed E-state index contributed by atoms with van der Waals surface area (Å²) in [6.45, 7) is 0. The molecule has 0 aliphatic heterocycles. The van der Waals surface area contributed by atoms with Crippen molar-refractivity contribution in [3.05, 3.63) is 32.5 Å². The number of benzene rings is 1. The van der Waals surface area contributed by atoms with Crippen molar-refractivity contribution in [3.63, 3.8) is 0 Å². The van der Waals surface area contributed by atoms with Crippen LogP contribution in [0, 0.1) is 15.9 Å². The number of nitrogens with two attached hydrogens (primary N) is 1. The summed E-state index contributed by atoms with van der Waals surface area (Å²) in [5, 5.41) is 10.3. The molecule has 0 amide bonds. The predicted molar refractivity (Wildman–Crippen MR) is 45.2 cm³/mol. The van der Waals surface area contributed by atoms with E-state index in [2.05, 4.69) is 15.9 Å². The standard InChI is InChI=1S/C6H4BrFN2O2/c7-5-4(10(11)12)2-1-3(9)6(5)8/h1-2H,9H2. The Kier molecular flexibility index (Phi) is 2.27. The maximum absolute atomic E-state index is 12.9. The molecule has 0 saturated heterocycles. The third kappa shape index (κ3) is 1.38. The first-order valence-electron chi connectivity index (χ1n) is 2.92. The predicted octanol–water partition coefficient (Wildman–Crippen LogP) is 2.08. The minimum atomic E-state index is -0.802. The molecule has 0 heterocycles. The van der Waals surface area contributed by atoms with Gasteiger partial charge in [-0.25, -0.2) is 4.39 Å². The number of halogens is 2. The lowest BCUT2D eigenvalue weighted by Crippen LogP contribution is -1.96. The molecule has 0 atom stereocenters. The maximum Gasteiger partial charge on any atom is 0.286 e. The highest BCUT2D eigenvalue weighted by molar-refractivity contribution is 9.10. The van der Waals surface area contributed by atoms with Crippen LogP contribution in [-0.4, -0.2) is 4.92 Å². The molecular formula is C6H4BrFN2O2. The molecule has 1 aromatic rings. The zero-order chi connectivity index (χ0) is 9.30. The molecule has 1 aromatic carbocycles. The third-order valence-corrected chi connectivity index (χ3v) is 2.04. The largest absolute Gasteiger partial charge is 0.396 e. The lowest BCUT2D eigenvalue weighted by molar-refractivity contribution is -0.385. The van der Waals surface area contributed by atoms with Crippen LogP contribution in [0.25, 0.3) is 0 Å². The van der Waals surface area contributed by atoms with Crippen molar-refractivity contribution < 1.29 is 9.31 Å². The van der Waals surface area contributed by atoms with Crippen molar-refractivity contribution in [3.8, 4) is 0 Å². The van der Waals surface area contributed by atoms with E-state index >= 15 is 0 Å². The Balaban J connectivity index is 3.36. The smallest absolute Gasteiger partial charge is 0.286 e. The van der Waals surface area contributed by atoms with E-state index in [0.29, 0.717) is 0 Å². The Morgan fingerprint density at radius 3 is 2.67 bits per heavy atom. The van der Waals surface area contributed by atoms with Gasteiger partial charge in [-0.3, -0.25) is 10.1 Å². The molecular weight excluding hydrogens is 231 g/mol. The molecule has 4 nitrogen and oxygen atoms in total. The summed E-state index contributed by atoms with van der Waals surface area (Å²) >= 11 is 2.73. The zero-order valence-corrected chi connectivity index (χ0v) is 7.34. The van der Waals surface area contributed by atoms with Crippen molar-refractivity contribution in [2.45, 2.75) is 0 Å². The number of nitrogen functional groups attached to an aromatic ring is 1. The molecule has 1 rings (SSSR count). The van der Waals surface area contributed by atoms with Gasteiger partial charge in [-0.15, -0.1) is 0 Å². The van der Waals surface area contributed by atoms with Gasteiger partial charge in [-0.1, -0.05) is 0 Å². The highest BCUT2D eigenvalue weighted by Crippen LogP contribution is 2.30. The second kappa shape index (κ2) is 3.06. The number of nitro benzene ring substituents is 1. The minimum absolute atomic E-state index is 0.118. The molecule has 0 radical (unpaired) electrons. The Bertz CT molecular complexity index is 343. The van der Waals surface area contributed by atoms with Gasteiger partial charge < -0.3 is 5.73 Å². The molecule has 0 fully saturated rings. The number of hydrogen-bond acceptors (Lipinski definition) is 3. The fourth-order valence-electron chi connectivity index (χ4n) is 0.695. The SMILES string of the molecule is Nc1ccc([N+](=O)[O-])c(Br)c1F. The van der Waals surface area contributed by atoms with Gasteiger partial charge in [-0.2, -0.15) is 0 Å². The second-order valence-corrected chi connectivity index (χ2v) is 2.85. The van der Waals surface area contributed by atoms with Crippen LogP contribution in [0.15, 0.2) is 16.6 Å². The van der Waals surface area contributed by atoms with Crippen molar-refractivity contribution in [1.82, 2.24) is 0 Å². The summed E-state index contributed by atoms with van der Waals surface area (Å²) in [6.07, 6.45) is 0. The summed E-state index contributed by atoms with van der Waals surface area (Å²) in [5.41, 5.74) is 4.71. The first kappa shape index (κ1) is 8.92. The van der Waals surface area contributed by atoms with Gasteiger partial charge in [0.2, 0.25) is 0 Å². The number of anilines is 1. The van der Waals surface area contributed by atoms with Gasteiger partial charge in [0.25, 0.3) is 5.69 Å². The highest BCUT2D eigenvalue weighted by atomic mass is 79.9. The molecule has 0 unspecified atom stereocenters. The summed E-state index contributed by atoms with van der Waals surface area (Å²) in [5.74, 6) is -0.802. The lowest BCUT2D eigenvalue weighted by Gasteiger charge is -1.98. The molecule has 0 aromatic heterocycles. The number of rotatable bonds is 1. The first-order chi connectivity index (χ1) is 5.54. The van der Waals surface area contributed by atoms with Crippen LogP contribution in [0.4, 0.5) is 15.8 Å². The average Bonchev–Trinajstić information content (AvgIpc) is 2.00. The minimum Gasteiger partial charge on any atom is -0.396 e. The second-order valence-electron chi connectivity index (χ2n) is 2.06. The number of hydrogen-bond donors (Lipinski definition) is 1. The normalized spacial score (nSPS) is 9.83. The number of nitro groups is 1. The Hall–Kier alpha value is -1.17. The maximum atomic E-state index is 12.9. The lowest BCUT2D eigenvalue weighted by atomic mass is 10.3. The van der Waals surface area contributed by atoms with Gasteiger partial charge >= 0.3 is 0 Å². The summed E-state index contributed by atoms with van der Waals surface area (Å²) in [4.78, 5) is 9.57. The number of nitrogens with zero attached hydrogens (tertiary/aromatic N) is 1. The van der Waals surface area contributed by atoms with Crippen LogP contribution in [0.1, 0.15) is 0 Å². The van der Waals surface area contributed by atoms with E-state index in [1.165, 1.54) is 0 Å². The van der Waals surface area contributed by atoms with E-state index in [4.69, 9.17) is 5.73 Å². The van der Waals surface area contributed by atoms with Crippen LogP contribution in [0.3, 0.4) is 0 Å². The van der Waals surface area contributed by atoms with Gasteiger partial charge in [0.1, 0.15) is 4.47 Å². The topological polar surface area (TPSA) is 69.2 Å². The van der Waals surface area contributed by atoms with Crippen LogP contribution < -0.4 is 5.73 Å². The summed E-state index contributed by atoms with van der Waals surface area (Å²) < 4.78 is 12.7. The van der Waals surface area contributed by atoms with Crippen LogP contribution in [0.5, 0.6) is 0 Å². The fourth-order valence-corrected chi connectivity index (χ4v) is 1.20. The quantitative estimate of drug-likeness (QED) is 0.460. The average molecular weight is 235 g/mol. The van der Waals surface area contributed by atoms with Gasteiger partial charge in [0.05, 0.1) is 10.6 Å². The molecule has 0 spiro atoms. The van der Waals surface area contributed by atoms with Gasteiger partial charge in [-0.05, 0) is 22.0 Å². The summed E-state index contributed by atoms with van der Waals surface area (Å²) in [7, 11) is 0. The van der Waals surface area contributed by atoms with Crippen LogP contribution in [0.2, 0.25) is 0 Å². The Morgan fingerprint density at radius 2 is 2.17 bits per heavy atom. The zero-order valence-electron chi connectivity index (χ0n) is 5.75. The van der Waals surface area contributed by atoms with Crippen LogP contribution >= 0.6 is 15.9 Å². The van der Waals surface area contributed by atoms with Crippen molar-refractivity contribution >= 4 is 27.3 Å². The highest BCUT2D eigenvalue weighted by Gasteiger charge is 2.17. The van der Waals surface area contributed by atoms with E-state index in [1.54, 1.807) is 0 Å². The van der Waals surface area contributed by atoms with Crippen molar-refractivity contribution in [2.75, 3.05) is 5.73 Å². The molecule has 0 saturated carbocycles. The van der Waals surface area contributed by atoms with Gasteiger partial charge in [0.15, 0.2) is 5.82 Å². The molecule has 0 bridgehead atoms. The summed E-state index contributed by atoms with van der Waals surface area (Å²) in [6, 6.07) is 2.29. The van der Waals surface area contributed by atoms with Crippen LogP contribution in [-0.2, 0) is 0 Å². The Morgan fingerprint density at radius 1 is 1.58 bits per heavy atom. The molecule has 0 aliphatic rings. The van der Waals surface area contributed by atoms with E-state index in [0.717, 1.165) is 12.1 Å². The van der Waals surface area contributed by atoms with Gasteiger partial charge in [0, 0.05) is 6.07 Å². The molecule has 0 aliphatic carbocycles. The molecule has 12 heavy (non-hydrogen) atoms. The fraction of sp³-hybridized carbons (Fsp3) is 0. The molecule has 2 N–H and O–H groups in total.